The highest BCUT2D eigenvalue weighted by molar-refractivity contribution is 6.31. The van der Waals surface area contributed by atoms with Crippen LogP contribution in [0.3, 0.4) is 0 Å². The number of amides is 1. The number of carbonyl (C=O) groups excluding carboxylic acids is 1. The summed E-state index contributed by atoms with van der Waals surface area (Å²) in [7, 11) is 1.80. The highest BCUT2D eigenvalue weighted by atomic mass is 35.5. The van der Waals surface area contributed by atoms with Crippen LogP contribution in [0, 0.1) is 0 Å². The number of halogens is 1. The Morgan fingerprint density at radius 1 is 1.22 bits per heavy atom. The first-order valence-electron chi connectivity index (χ1n) is 7.74. The van der Waals surface area contributed by atoms with Gasteiger partial charge in [0.25, 0.3) is 0 Å². The molecule has 122 valence electrons. The van der Waals surface area contributed by atoms with E-state index >= 15 is 0 Å². The Kier molecular flexibility index (Phi) is 4.74. The lowest BCUT2D eigenvalue weighted by Gasteiger charge is -2.39. The molecule has 23 heavy (non-hydrogen) atoms. The molecule has 3 rings (SSSR count). The van der Waals surface area contributed by atoms with Gasteiger partial charge < -0.3 is 14.1 Å². The van der Waals surface area contributed by atoms with Gasteiger partial charge in [0.15, 0.2) is 0 Å². The summed E-state index contributed by atoms with van der Waals surface area (Å²) in [4.78, 5) is 15.0. The number of hydrogen-bond donors (Lipinski definition) is 0. The van der Waals surface area contributed by atoms with Gasteiger partial charge >= 0.3 is 0 Å². The van der Waals surface area contributed by atoms with E-state index < -0.39 is 5.41 Å². The summed E-state index contributed by atoms with van der Waals surface area (Å²) < 4.78 is 10.8. The molecule has 0 bridgehead atoms. The van der Waals surface area contributed by atoms with Crippen molar-refractivity contribution in [1.82, 2.24) is 4.90 Å². The third kappa shape index (κ3) is 3.14. The Labute approximate surface area is 141 Å². The van der Waals surface area contributed by atoms with E-state index in [2.05, 4.69) is 0 Å². The Balaban J connectivity index is 1.92. The molecule has 0 N–H and O–H groups in total. The molecule has 1 aliphatic heterocycles. The van der Waals surface area contributed by atoms with Gasteiger partial charge in [0, 0.05) is 25.3 Å². The zero-order valence-corrected chi connectivity index (χ0v) is 13.9. The minimum Gasteiger partial charge on any atom is -0.467 e. The van der Waals surface area contributed by atoms with Gasteiger partial charge in [0.1, 0.15) is 5.76 Å². The molecular weight excluding hydrogens is 314 g/mol. The normalized spacial score (nSPS) is 17.0. The van der Waals surface area contributed by atoms with Crippen molar-refractivity contribution in [1.29, 1.82) is 0 Å². The van der Waals surface area contributed by atoms with Crippen LogP contribution in [0.1, 0.15) is 24.2 Å². The van der Waals surface area contributed by atoms with Crippen molar-refractivity contribution >= 4 is 17.5 Å². The number of furan rings is 1. The number of nitrogens with zero attached hydrogens (tertiary/aromatic N) is 1. The molecule has 1 aromatic heterocycles. The van der Waals surface area contributed by atoms with Crippen LogP contribution in [0.15, 0.2) is 47.1 Å². The minimum absolute atomic E-state index is 0.0605. The molecule has 5 heteroatoms. The second kappa shape index (κ2) is 6.77. The van der Waals surface area contributed by atoms with Crippen LogP contribution in [0.2, 0.25) is 5.02 Å². The van der Waals surface area contributed by atoms with Crippen molar-refractivity contribution in [3.63, 3.8) is 0 Å². The zero-order valence-electron chi connectivity index (χ0n) is 13.1. The molecule has 0 aliphatic carbocycles. The Morgan fingerprint density at radius 2 is 1.96 bits per heavy atom. The fourth-order valence-corrected chi connectivity index (χ4v) is 3.56. The van der Waals surface area contributed by atoms with Crippen LogP contribution < -0.4 is 0 Å². The third-order valence-electron chi connectivity index (χ3n) is 4.46. The number of ether oxygens (including phenoxy) is 1. The van der Waals surface area contributed by atoms with Gasteiger partial charge in [-0.15, -0.1) is 0 Å². The molecule has 1 saturated heterocycles. The summed E-state index contributed by atoms with van der Waals surface area (Å²) in [5.41, 5.74) is 0.263. The summed E-state index contributed by atoms with van der Waals surface area (Å²) >= 11 is 6.41. The highest BCUT2D eigenvalue weighted by Crippen LogP contribution is 2.40. The van der Waals surface area contributed by atoms with Crippen LogP contribution in [0.5, 0.6) is 0 Å². The average Bonchev–Trinajstić information content (AvgIpc) is 3.08. The van der Waals surface area contributed by atoms with Gasteiger partial charge in [-0.1, -0.05) is 29.8 Å². The van der Waals surface area contributed by atoms with Gasteiger partial charge in [0.05, 0.1) is 18.2 Å². The molecule has 0 radical (unpaired) electrons. The first kappa shape index (κ1) is 16.1. The standard InChI is InChI=1S/C18H20ClNO3/c1-20(13-14-5-4-10-23-14)17(21)18(8-11-22-12-9-18)15-6-2-3-7-16(15)19/h2-7,10H,8-9,11-13H2,1H3. The zero-order chi connectivity index (χ0) is 16.3. The Bertz CT molecular complexity index is 663. The predicted octanol–water partition coefficient (Wildman–Crippen LogP) is 3.64. The fourth-order valence-electron chi connectivity index (χ4n) is 3.24. The number of rotatable bonds is 4. The van der Waals surface area contributed by atoms with E-state index in [4.69, 9.17) is 20.8 Å². The third-order valence-corrected chi connectivity index (χ3v) is 4.79. The van der Waals surface area contributed by atoms with Crippen molar-refractivity contribution in [3.8, 4) is 0 Å². The van der Waals surface area contributed by atoms with Crippen LogP contribution in [-0.4, -0.2) is 31.1 Å². The molecule has 4 nitrogen and oxygen atoms in total. The molecule has 1 amide bonds. The maximum atomic E-state index is 13.3. The predicted molar refractivity (Wildman–Crippen MR) is 88.4 cm³/mol. The van der Waals surface area contributed by atoms with Crippen molar-refractivity contribution in [3.05, 3.63) is 59.0 Å². The molecule has 2 heterocycles. The molecule has 1 aliphatic rings. The summed E-state index contributed by atoms with van der Waals surface area (Å²) in [5, 5.41) is 0.633. The van der Waals surface area contributed by atoms with Gasteiger partial charge in [-0.3, -0.25) is 4.79 Å². The molecule has 0 atom stereocenters. The largest absolute Gasteiger partial charge is 0.467 e. The quantitative estimate of drug-likeness (QED) is 0.858. The number of benzene rings is 1. The Morgan fingerprint density at radius 3 is 2.61 bits per heavy atom. The van der Waals surface area contributed by atoms with Gasteiger partial charge in [0.2, 0.25) is 5.91 Å². The highest BCUT2D eigenvalue weighted by Gasteiger charge is 2.44. The lowest BCUT2D eigenvalue weighted by Crippen LogP contribution is -2.48. The maximum absolute atomic E-state index is 13.3. The fraction of sp³-hybridized carbons (Fsp3) is 0.389. The van der Waals surface area contributed by atoms with Crippen LogP contribution in [-0.2, 0) is 21.5 Å². The minimum atomic E-state index is -0.627. The maximum Gasteiger partial charge on any atom is 0.233 e. The van der Waals surface area contributed by atoms with Crippen molar-refractivity contribution in [2.45, 2.75) is 24.8 Å². The van der Waals surface area contributed by atoms with E-state index in [0.29, 0.717) is 37.6 Å². The summed E-state index contributed by atoms with van der Waals surface area (Å²) in [5.74, 6) is 0.826. The monoisotopic (exact) mass is 333 g/mol. The number of carbonyl (C=O) groups is 1. The van der Waals surface area contributed by atoms with Crippen LogP contribution in [0.4, 0.5) is 0 Å². The lowest BCUT2D eigenvalue weighted by atomic mass is 9.73. The van der Waals surface area contributed by atoms with E-state index in [1.54, 1.807) is 18.2 Å². The van der Waals surface area contributed by atoms with E-state index in [1.165, 1.54) is 0 Å². The smallest absolute Gasteiger partial charge is 0.233 e. The lowest BCUT2D eigenvalue weighted by molar-refractivity contribution is -0.140. The Hall–Kier alpha value is -1.78. The first-order chi connectivity index (χ1) is 11.1. The molecule has 0 unspecified atom stereocenters. The SMILES string of the molecule is CN(Cc1ccco1)C(=O)C1(c2ccccc2Cl)CCOCC1. The summed E-state index contributed by atoms with van der Waals surface area (Å²) in [6.07, 6.45) is 2.89. The van der Waals surface area contributed by atoms with E-state index in [1.807, 2.05) is 36.4 Å². The topological polar surface area (TPSA) is 42.7 Å². The second-order valence-electron chi connectivity index (χ2n) is 5.91. The number of hydrogen-bond acceptors (Lipinski definition) is 3. The molecule has 1 fully saturated rings. The summed E-state index contributed by atoms with van der Waals surface area (Å²) in [6.45, 7) is 1.57. The molecule has 2 aromatic rings. The average molecular weight is 334 g/mol. The number of likely N-dealkylation sites (N-methyl/N-ethyl adjacent to an activating group) is 1. The molecular formula is C18H20ClNO3. The molecule has 0 spiro atoms. The van der Waals surface area contributed by atoms with E-state index in [9.17, 15) is 4.79 Å². The van der Waals surface area contributed by atoms with E-state index in [0.717, 1.165) is 11.3 Å². The molecule has 1 aromatic carbocycles. The van der Waals surface area contributed by atoms with Crippen LogP contribution >= 0.6 is 11.6 Å². The van der Waals surface area contributed by atoms with Gasteiger partial charge in [-0.25, -0.2) is 0 Å². The molecule has 0 saturated carbocycles. The van der Waals surface area contributed by atoms with Crippen molar-refractivity contribution in [2.24, 2.45) is 0 Å². The second-order valence-corrected chi connectivity index (χ2v) is 6.32. The van der Waals surface area contributed by atoms with Crippen LogP contribution in [0.25, 0.3) is 0 Å². The first-order valence-corrected chi connectivity index (χ1v) is 8.12. The summed E-state index contributed by atoms with van der Waals surface area (Å²) in [6, 6.07) is 11.3. The van der Waals surface area contributed by atoms with Gasteiger partial charge in [-0.05, 0) is 36.6 Å². The van der Waals surface area contributed by atoms with Crippen molar-refractivity contribution in [2.75, 3.05) is 20.3 Å². The van der Waals surface area contributed by atoms with E-state index in [-0.39, 0.29) is 5.91 Å². The van der Waals surface area contributed by atoms with Crippen molar-refractivity contribution < 1.29 is 13.9 Å². The van der Waals surface area contributed by atoms with Gasteiger partial charge in [-0.2, -0.15) is 0 Å².